The Bertz CT molecular complexity index is 294. The van der Waals surface area contributed by atoms with Gasteiger partial charge < -0.3 is 15.2 Å². The average molecular weight is 258 g/mol. The fourth-order valence-corrected chi connectivity index (χ4v) is 1.96. The first-order valence-corrected chi connectivity index (χ1v) is 6.32. The van der Waals surface area contributed by atoms with Crippen molar-refractivity contribution in [3.8, 4) is 0 Å². The lowest BCUT2D eigenvalue weighted by molar-refractivity contribution is -0.142. The van der Waals surface area contributed by atoms with Crippen LogP contribution >= 0.6 is 0 Å². The van der Waals surface area contributed by atoms with Crippen LogP contribution in [0.5, 0.6) is 0 Å². The molecule has 0 spiro atoms. The lowest BCUT2D eigenvalue weighted by Gasteiger charge is -2.32. The van der Waals surface area contributed by atoms with E-state index in [4.69, 9.17) is 9.84 Å². The summed E-state index contributed by atoms with van der Waals surface area (Å²) in [6.45, 7) is 6.37. The summed E-state index contributed by atoms with van der Waals surface area (Å²) in [5, 5.41) is 11.5. The van der Waals surface area contributed by atoms with Gasteiger partial charge in [-0.1, -0.05) is 0 Å². The number of nitrogens with zero attached hydrogens (tertiary/aromatic N) is 1. The van der Waals surface area contributed by atoms with Crippen molar-refractivity contribution in [2.45, 2.75) is 38.8 Å². The summed E-state index contributed by atoms with van der Waals surface area (Å²) in [4.78, 5) is 24.2. The minimum absolute atomic E-state index is 0.0225. The van der Waals surface area contributed by atoms with Gasteiger partial charge in [0.15, 0.2) is 0 Å². The Morgan fingerprint density at radius 2 is 2.22 bits per heavy atom. The second kappa shape index (κ2) is 7.33. The summed E-state index contributed by atoms with van der Waals surface area (Å²) >= 11 is 0. The van der Waals surface area contributed by atoms with Crippen LogP contribution in [-0.2, 0) is 14.3 Å². The second-order valence-electron chi connectivity index (χ2n) is 4.86. The molecule has 1 atom stereocenters. The maximum atomic E-state index is 11.5. The summed E-state index contributed by atoms with van der Waals surface area (Å²) in [6.07, 6.45) is 0.205. The molecular weight excluding hydrogens is 236 g/mol. The van der Waals surface area contributed by atoms with Crippen molar-refractivity contribution >= 4 is 11.9 Å². The molecule has 6 nitrogen and oxygen atoms in total. The molecule has 6 heteroatoms. The van der Waals surface area contributed by atoms with Crippen molar-refractivity contribution < 1.29 is 19.4 Å². The second-order valence-corrected chi connectivity index (χ2v) is 4.86. The molecule has 1 saturated heterocycles. The van der Waals surface area contributed by atoms with Gasteiger partial charge in [-0.3, -0.25) is 14.5 Å². The van der Waals surface area contributed by atoms with Crippen molar-refractivity contribution in [3.63, 3.8) is 0 Å². The number of carbonyl (C=O) groups excluding carboxylic acids is 1. The number of hydrogen-bond donors (Lipinski definition) is 2. The van der Waals surface area contributed by atoms with Gasteiger partial charge in [-0.2, -0.15) is 0 Å². The third kappa shape index (κ3) is 5.97. The van der Waals surface area contributed by atoms with Crippen molar-refractivity contribution in [1.82, 2.24) is 10.2 Å². The van der Waals surface area contributed by atoms with Gasteiger partial charge in [0.2, 0.25) is 5.91 Å². The molecule has 1 fully saturated rings. The van der Waals surface area contributed by atoms with Crippen LogP contribution in [0.15, 0.2) is 0 Å². The van der Waals surface area contributed by atoms with E-state index >= 15 is 0 Å². The van der Waals surface area contributed by atoms with Crippen LogP contribution in [0.3, 0.4) is 0 Å². The SMILES string of the molecule is CC(C)NC(=O)CCN1CCOC(CC(=O)O)C1. The Morgan fingerprint density at radius 3 is 2.83 bits per heavy atom. The van der Waals surface area contributed by atoms with Crippen molar-refractivity contribution in [2.24, 2.45) is 0 Å². The zero-order valence-corrected chi connectivity index (χ0v) is 11.0. The van der Waals surface area contributed by atoms with Crippen LogP contribution < -0.4 is 5.32 Å². The molecule has 0 saturated carbocycles. The standard InChI is InChI=1S/C12H22N2O4/c1-9(2)13-11(15)3-4-14-5-6-18-10(8-14)7-12(16)17/h9-10H,3-8H2,1-2H3,(H,13,15)(H,16,17). The molecule has 1 rings (SSSR count). The Kier molecular flexibility index (Phi) is 6.07. The number of morpholine rings is 1. The Morgan fingerprint density at radius 1 is 1.50 bits per heavy atom. The highest BCUT2D eigenvalue weighted by Gasteiger charge is 2.22. The molecule has 1 heterocycles. The third-order valence-electron chi connectivity index (χ3n) is 2.73. The Labute approximate surface area is 107 Å². The average Bonchev–Trinajstić information content (AvgIpc) is 2.25. The van der Waals surface area contributed by atoms with Gasteiger partial charge >= 0.3 is 5.97 Å². The normalized spacial score (nSPS) is 20.9. The summed E-state index contributed by atoms with van der Waals surface area (Å²) < 4.78 is 5.37. The van der Waals surface area contributed by atoms with Crippen LogP contribution in [-0.4, -0.2) is 60.3 Å². The smallest absolute Gasteiger partial charge is 0.306 e. The molecule has 1 aliphatic rings. The van der Waals surface area contributed by atoms with E-state index < -0.39 is 5.97 Å². The van der Waals surface area contributed by atoms with Crippen LogP contribution in [0.1, 0.15) is 26.7 Å². The van der Waals surface area contributed by atoms with Gasteiger partial charge in [-0.15, -0.1) is 0 Å². The highest BCUT2D eigenvalue weighted by Crippen LogP contribution is 2.09. The summed E-state index contributed by atoms with van der Waals surface area (Å²) in [7, 11) is 0. The lowest BCUT2D eigenvalue weighted by Crippen LogP contribution is -2.44. The molecule has 0 bridgehead atoms. The van der Waals surface area contributed by atoms with E-state index in [1.807, 2.05) is 13.8 Å². The molecule has 18 heavy (non-hydrogen) atoms. The third-order valence-corrected chi connectivity index (χ3v) is 2.73. The maximum Gasteiger partial charge on any atom is 0.306 e. The zero-order valence-electron chi connectivity index (χ0n) is 11.0. The Balaban J connectivity index is 2.25. The predicted octanol–water partition coefficient (Wildman–Crippen LogP) is 0.0766. The maximum absolute atomic E-state index is 11.5. The highest BCUT2D eigenvalue weighted by molar-refractivity contribution is 5.76. The van der Waals surface area contributed by atoms with E-state index in [1.54, 1.807) is 0 Å². The summed E-state index contributed by atoms with van der Waals surface area (Å²) in [5.41, 5.74) is 0. The van der Waals surface area contributed by atoms with Crippen LogP contribution in [0, 0.1) is 0 Å². The van der Waals surface area contributed by atoms with Gasteiger partial charge in [-0.05, 0) is 13.8 Å². The molecule has 0 aromatic carbocycles. The van der Waals surface area contributed by atoms with Gasteiger partial charge in [0.1, 0.15) is 0 Å². The van der Waals surface area contributed by atoms with Crippen molar-refractivity contribution in [2.75, 3.05) is 26.2 Å². The van der Waals surface area contributed by atoms with Crippen molar-refractivity contribution in [1.29, 1.82) is 0 Å². The first-order chi connectivity index (χ1) is 8.47. The lowest BCUT2D eigenvalue weighted by atomic mass is 10.2. The van der Waals surface area contributed by atoms with Crippen molar-refractivity contribution in [3.05, 3.63) is 0 Å². The molecule has 0 aromatic heterocycles. The monoisotopic (exact) mass is 258 g/mol. The van der Waals surface area contributed by atoms with Gasteiger partial charge in [0, 0.05) is 32.1 Å². The largest absolute Gasteiger partial charge is 0.481 e. The quantitative estimate of drug-likeness (QED) is 0.705. The highest BCUT2D eigenvalue weighted by atomic mass is 16.5. The number of nitrogens with one attached hydrogen (secondary N) is 1. The first kappa shape index (κ1) is 14.9. The zero-order chi connectivity index (χ0) is 13.5. The molecular formula is C12H22N2O4. The van der Waals surface area contributed by atoms with E-state index in [9.17, 15) is 9.59 Å². The number of carbonyl (C=O) groups is 2. The summed E-state index contributed by atoms with van der Waals surface area (Å²) in [5.74, 6) is -0.814. The number of amides is 1. The number of ether oxygens (including phenoxy) is 1. The number of carboxylic acids is 1. The fraction of sp³-hybridized carbons (Fsp3) is 0.833. The molecule has 1 amide bonds. The molecule has 0 aromatic rings. The van der Waals surface area contributed by atoms with E-state index in [2.05, 4.69) is 10.2 Å². The van der Waals surface area contributed by atoms with E-state index in [0.29, 0.717) is 26.1 Å². The van der Waals surface area contributed by atoms with Gasteiger partial charge in [0.25, 0.3) is 0 Å². The minimum Gasteiger partial charge on any atom is -0.481 e. The van der Waals surface area contributed by atoms with E-state index in [1.165, 1.54) is 0 Å². The number of carboxylic acid groups (broad SMARTS) is 1. The molecule has 1 unspecified atom stereocenters. The first-order valence-electron chi connectivity index (χ1n) is 6.32. The van der Waals surface area contributed by atoms with Crippen LogP contribution in [0.25, 0.3) is 0 Å². The van der Waals surface area contributed by atoms with E-state index in [-0.39, 0.29) is 24.5 Å². The molecule has 2 N–H and O–H groups in total. The number of rotatable bonds is 6. The molecule has 104 valence electrons. The van der Waals surface area contributed by atoms with Crippen LogP contribution in [0.2, 0.25) is 0 Å². The number of aliphatic carboxylic acids is 1. The van der Waals surface area contributed by atoms with Crippen LogP contribution in [0.4, 0.5) is 0 Å². The molecule has 0 radical (unpaired) electrons. The molecule has 0 aliphatic carbocycles. The summed E-state index contributed by atoms with van der Waals surface area (Å²) in [6, 6.07) is 0.155. The fourth-order valence-electron chi connectivity index (χ4n) is 1.96. The molecule has 1 aliphatic heterocycles. The van der Waals surface area contributed by atoms with Gasteiger partial charge in [0.05, 0.1) is 19.1 Å². The minimum atomic E-state index is -0.848. The Hall–Kier alpha value is -1.14. The number of hydrogen-bond acceptors (Lipinski definition) is 4. The predicted molar refractivity (Wildman–Crippen MR) is 66.3 cm³/mol. The van der Waals surface area contributed by atoms with Gasteiger partial charge in [-0.25, -0.2) is 0 Å². The van der Waals surface area contributed by atoms with E-state index in [0.717, 1.165) is 6.54 Å². The topological polar surface area (TPSA) is 78.9 Å².